The Bertz CT molecular complexity index is 1440. The molecule has 1 atom stereocenters. The van der Waals surface area contributed by atoms with Crippen molar-refractivity contribution in [2.45, 2.75) is 11.3 Å². The zero-order chi connectivity index (χ0) is 23.9. The molecule has 0 radical (unpaired) electrons. The molecule has 1 amide bonds. The molecule has 1 N–H and O–H groups in total. The average Bonchev–Trinajstić information content (AvgIpc) is 3.33. The molecular weight excluding hydrogens is 478 g/mol. The van der Waals surface area contributed by atoms with E-state index in [0.717, 1.165) is 0 Å². The third kappa shape index (κ3) is 4.15. The van der Waals surface area contributed by atoms with Gasteiger partial charge in [0, 0.05) is 29.2 Å². The molecule has 34 heavy (non-hydrogen) atoms. The number of halogens is 1. The minimum atomic E-state index is -3.80. The topological polar surface area (TPSA) is 105 Å². The molecule has 0 spiro atoms. The van der Waals surface area contributed by atoms with E-state index in [1.54, 1.807) is 66.7 Å². The van der Waals surface area contributed by atoms with Crippen molar-refractivity contribution in [3.63, 3.8) is 0 Å². The highest BCUT2D eigenvalue weighted by Crippen LogP contribution is 2.32. The average molecular weight is 496 g/mol. The number of ether oxygens (including phenoxy) is 1. The molecule has 3 aromatic carbocycles. The zero-order valence-corrected chi connectivity index (χ0v) is 19.2. The Balaban J connectivity index is 1.33. The van der Waals surface area contributed by atoms with Crippen LogP contribution < -0.4 is 15.0 Å². The molecule has 0 saturated carbocycles. The van der Waals surface area contributed by atoms with Crippen LogP contribution in [0.2, 0.25) is 5.02 Å². The van der Waals surface area contributed by atoms with Gasteiger partial charge in [-0.1, -0.05) is 35.9 Å². The maximum atomic E-state index is 12.9. The van der Waals surface area contributed by atoms with Gasteiger partial charge in [0.1, 0.15) is 4.90 Å². The van der Waals surface area contributed by atoms with Crippen LogP contribution in [0.15, 0.2) is 82.1 Å². The number of amidine groups is 1. The van der Waals surface area contributed by atoms with Crippen molar-refractivity contribution in [2.24, 2.45) is 10.3 Å². The lowest BCUT2D eigenvalue weighted by molar-refractivity contribution is -0.139. The van der Waals surface area contributed by atoms with Crippen molar-refractivity contribution in [1.29, 1.82) is 0 Å². The third-order valence-corrected chi connectivity index (χ3v) is 7.17. The zero-order valence-electron chi connectivity index (χ0n) is 17.6. The molecule has 172 valence electrons. The van der Waals surface area contributed by atoms with Gasteiger partial charge < -0.3 is 15.0 Å². The monoisotopic (exact) mass is 495 g/mol. The van der Waals surface area contributed by atoms with Gasteiger partial charge in [-0.15, -0.1) is 4.40 Å². The summed E-state index contributed by atoms with van der Waals surface area (Å²) in [6.07, 6.45) is 0.0232. The van der Waals surface area contributed by atoms with Crippen molar-refractivity contribution < 1.29 is 22.7 Å². The van der Waals surface area contributed by atoms with E-state index in [1.165, 1.54) is 11.0 Å². The highest BCUT2D eigenvalue weighted by Gasteiger charge is 2.37. The number of rotatable bonds is 4. The molecule has 3 aromatic rings. The molecule has 0 bridgehead atoms. The van der Waals surface area contributed by atoms with Gasteiger partial charge in [-0.2, -0.15) is 8.42 Å². The Morgan fingerprint density at radius 1 is 1.03 bits per heavy atom. The van der Waals surface area contributed by atoms with Crippen molar-refractivity contribution in [1.82, 2.24) is 0 Å². The molecule has 1 unspecified atom stereocenters. The molecule has 0 aliphatic carbocycles. The first-order chi connectivity index (χ1) is 16.3. The lowest BCUT2D eigenvalue weighted by Crippen LogP contribution is -2.27. The summed E-state index contributed by atoms with van der Waals surface area (Å²) in [6.45, 7) is 0.188. The van der Waals surface area contributed by atoms with Crippen LogP contribution >= 0.6 is 11.6 Å². The number of esters is 1. The van der Waals surface area contributed by atoms with Crippen LogP contribution in [0, 0.1) is 5.92 Å². The number of nitrogens with zero attached hydrogens (tertiary/aromatic N) is 2. The first-order valence-electron chi connectivity index (χ1n) is 10.4. The Labute approximate surface area is 200 Å². The Hall–Kier alpha value is -3.69. The van der Waals surface area contributed by atoms with Gasteiger partial charge in [0.15, 0.2) is 11.6 Å². The SMILES string of the molecule is O=C(Oc1ccccc1NC1=NS(=O)(=O)c2ccccc21)C1CC(=O)N(c2ccc(Cl)cc2)C1. The van der Waals surface area contributed by atoms with Crippen LogP contribution in [-0.2, 0) is 19.6 Å². The quantitative estimate of drug-likeness (QED) is 0.435. The first-order valence-corrected chi connectivity index (χ1v) is 12.2. The number of nitrogens with one attached hydrogen (secondary N) is 1. The largest absolute Gasteiger partial charge is 0.424 e. The molecule has 10 heteroatoms. The normalized spacial score (nSPS) is 18.4. The van der Waals surface area contributed by atoms with Crippen molar-refractivity contribution in [2.75, 3.05) is 16.8 Å². The Morgan fingerprint density at radius 3 is 2.53 bits per heavy atom. The molecule has 1 saturated heterocycles. The van der Waals surface area contributed by atoms with Crippen LogP contribution in [0.1, 0.15) is 12.0 Å². The fourth-order valence-electron chi connectivity index (χ4n) is 3.91. The summed E-state index contributed by atoms with van der Waals surface area (Å²) in [6, 6.07) is 19.9. The van der Waals surface area contributed by atoms with E-state index in [1.807, 2.05) is 0 Å². The highest BCUT2D eigenvalue weighted by atomic mass is 35.5. The predicted octanol–water partition coefficient (Wildman–Crippen LogP) is 3.86. The molecular formula is C24H18ClN3O5S. The van der Waals surface area contributed by atoms with Crippen LogP contribution in [0.3, 0.4) is 0 Å². The number of fused-ring (bicyclic) bond motifs is 1. The number of hydrogen-bond acceptors (Lipinski definition) is 6. The smallest absolute Gasteiger partial charge is 0.316 e. The number of para-hydroxylation sites is 2. The Kier molecular flexibility index (Phi) is 5.59. The highest BCUT2D eigenvalue weighted by molar-refractivity contribution is 7.90. The summed E-state index contributed by atoms with van der Waals surface area (Å²) in [4.78, 5) is 27.0. The van der Waals surface area contributed by atoms with Gasteiger partial charge in [-0.25, -0.2) is 0 Å². The molecule has 2 heterocycles. The fourth-order valence-corrected chi connectivity index (χ4v) is 5.21. The standard InChI is InChI=1S/C24H18ClN3O5S/c25-16-9-11-17(12-10-16)28-14-15(13-22(28)29)24(30)33-20-7-3-2-6-19(20)26-23-18-5-1-4-8-21(18)34(31,32)27-23/h1-12,15H,13-14H2,(H,26,27). The summed E-state index contributed by atoms with van der Waals surface area (Å²) >= 11 is 5.92. The summed E-state index contributed by atoms with van der Waals surface area (Å²) in [5, 5.41) is 3.52. The van der Waals surface area contributed by atoms with E-state index in [2.05, 4.69) is 9.71 Å². The van der Waals surface area contributed by atoms with Crippen LogP contribution in [0.25, 0.3) is 0 Å². The molecule has 2 aliphatic heterocycles. The number of benzene rings is 3. The number of sulfonamides is 1. The van der Waals surface area contributed by atoms with E-state index in [9.17, 15) is 18.0 Å². The Morgan fingerprint density at radius 2 is 1.74 bits per heavy atom. The number of anilines is 2. The van der Waals surface area contributed by atoms with Gasteiger partial charge >= 0.3 is 5.97 Å². The first kappa shape index (κ1) is 22.1. The van der Waals surface area contributed by atoms with Crippen molar-refractivity contribution in [3.05, 3.63) is 83.4 Å². The second-order valence-corrected chi connectivity index (χ2v) is 9.84. The summed E-state index contributed by atoms with van der Waals surface area (Å²) in [7, 11) is -3.80. The minimum absolute atomic E-state index is 0.0232. The maximum Gasteiger partial charge on any atom is 0.316 e. The molecule has 2 aliphatic rings. The van der Waals surface area contributed by atoms with Gasteiger partial charge in [0.25, 0.3) is 10.0 Å². The van der Waals surface area contributed by atoms with E-state index in [-0.39, 0.29) is 35.4 Å². The maximum absolute atomic E-state index is 12.9. The van der Waals surface area contributed by atoms with E-state index in [4.69, 9.17) is 16.3 Å². The number of hydrogen-bond donors (Lipinski definition) is 1. The van der Waals surface area contributed by atoms with Gasteiger partial charge in [0.2, 0.25) is 5.91 Å². The number of carbonyl (C=O) groups is 2. The van der Waals surface area contributed by atoms with Gasteiger partial charge in [-0.3, -0.25) is 9.59 Å². The predicted molar refractivity (Wildman–Crippen MR) is 128 cm³/mol. The van der Waals surface area contributed by atoms with E-state index in [0.29, 0.717) is 22.0 Å². The second-order valence-electron chi connectivity index (χ2n) is 7.84. The summed E-state index contributed by atoms with van der Waals surface area (Å²) in [5.74, 6) is -1.04. The summed E-state index contributed by atoms with van der Waals surface area (Å²) < 4.78 is 34.1. The fraction of sp³-hybridized carbons (Fsp3) is 0.125. The van der Waals surface area contributed by atoms with Crippen LogP contribution in [0.5, 0.6) is 5.75 Å². The van der Waals surface area contributed by atoms with Crippen LogP contribution in [0.4, 0.5) is 11.4 Å². The second kappa shape index (κ2) is 8.58. The lowest BCUT2D eigenvalue weighted by atomic mass is 10.1. The molecule has 1 fully saturated rings. The number of carbonyl (C=O) groups excluding carboxylic acids is 2. The molecule has 8 nitrogen and oxygen atoms in total. The van der Waals surface area contributed by atoms with Gasteiger partial charge in [-0.05, 0) is 48.5 Å². The molecule has 0 aromatic heterocycles. The van der Waals surface area contributed by atoms with Gasteiger partial charge in [0.05, 0.1) is 11.6 Å². The number of amides is 1. The van der Waals surface area contributed by atoms with E-state index >= 15 is 0 Å². The van der Waals surface area contributed by atoms with E-state index < -0.39 is 21.9 Å². The third-order valence-electron chi connectivity index (χ3n) is 5.58. The van der Waals surface area contributed by atoms with Crippen molar-refractivity contribution in [3.8, 4) is 5.75 Å². The summed E-state index contributed by atoms with van der Waals surface area (Å²) in [5.41, 5.74) is 1.47. The molecule has 5 rings (SSSR count). The minimum Gasteiger partial charge on any atom is -0.424 e. The van der Waals surface area contributed by atoms with Crippen LogP contribution in [-0.4, -0.2) is 32.7 Å². The van der Waals surface area contributed by atoms with Crippen molar-refractivity contribution >= 4 is 50.7 Å². The lowest BCUT2D eigenvalue weighted by Gasteiger charge is -2.17.